The van der Waals surface area contributed by atoms with Crippen LogP contribution in [0, 0.1) is 0 Å². The first-order valence-corrected chi connectivity index (χ1v) is 6.42. The van der Waals surface area contributed by atoms with Crippen LogP contribution in [0.1, 0.15) is 45.5 Å². The van der Waals surface area contributed by atoms with Gasteiger partial charge in [0.05, 0.1) is 29.1 Å². The molecule has 0 fully saturated rings. The van der Waals surface area contributed by atoms with E-state index in [9.17, 15) is 0 Å². The van der Waals surface area contributed by atoms with Gasteiger partial charge in [-0.25, -0.2) is 0 Å². The Morgan fingerprint density at radius 1 is 1.47 bits per heavy atom. The van der Waals surface area contributed by atoms with Crippen molar-refractivity contribution in [3.05, 3.63) is 16.9 Å². The van der Waals surface area contributed by atoms with E-state index >= 15 is 0 Å². The molecule has 98 valence electrons. The van der Waals surface area contributed by atoms with Gasteiger partial charge in [0.25, 0.3) is 0 Å². The van der Waals surface area contributed by atoms with Gasteiger partial charge in [0.15, 0.2) is 0 Å². The first-order valence-electron chi connectivity index (χ1n) is 6.04. The van der Waals surface area contributed by atoms with Crippen LogP contribution in [0.4, 0.5) is 0 Å². The van der Waals surface area contributed by atoms with Gasteiger partial charge in [-0.15, -0.1) is 0 Å². The Hall–Kier alpha value is -0.580. The minimum absolute atomic E-state index is 0.0485. The molecule has 0 aliphatic heterocycles. The van der Waals surface area contributed by atoms with Gasteiger partial charge in [0.1, 0.15) is 0 Å². The average Bonchev–Trinajstić information content (AvgIpc) is 2.63. The van der Waals surface area contributed by atoms with E-state index in [1.807, 2.05) is 25.6 Å². The summed E-state index contributed by atoms with van der Waals surface area (Å²) in [5.41, 5.74) is 0.991. The molecule has 1 heterocycles. The molecule has 1 aromatic heterocycles. The topological polar surface area (TPSA) is 39.1 Å². The summed E-state index contributed by atoms with van der Waals surface area (Å²) in [6, 6.07) is 0.328. The molecular weight excluding hydrogens is 238 g/mol. The van der Waals surface area contributed by atoms with Gasteiger partial charge in [-0.2, -0.15) is 5.10 Å². The fraction of sp³-hybridized carbons (Fsp3) is 0.750. The Labute approximate surface area is 108 Å². The van der Waals surface area contributed by atoms with Crippen LogP contribution in [0.2, 0.25) is 5.02 Å². The Bertz CT molecular complexity index is 352. The van der Waals surface area contributed by atoms with E-state index in [2.05, 4.69) is 24.3 Å². The number of aromatic nitrogens is 2. The van der Waals surface area contributed by atoms with Crippen molar-refractivity contribution in [2.24, 2.45) is 0 Å². The van der Waals surface area contributed by atoms with Crippen molar-refractivity contribution in [3.63, 3.8) is 0 Å². The maximum absolute atomic E-state index is 6.23. The quantitative estimate of drug-likeness (QED) is 0.854. The fourth-order valence-electron chi connectivity index (χ4n) is 2.01. The second kappa shape index (κ2) is 6.38. The lowest BCUT2D eigenvalue weighted by Crippen LogP contribution is -2.32. The third-order valence-corrected chi connectivity index (χ3v) is 3.07. The third kappa shape index (κ3) is 3.21. The van der Waals surface area contributed by atoms with Gasteiger partial charge < -0.3 is 10.1 Å². The summed E-state index contributed by atoms with van der Waals surface area (Å²) in [5, 5.41) is 8.26. The molecule has 2 unspecified atom stereocenters. The van der Waals surface area contributed by atoms with Crippen LogP contribution in [0.3, 0.4) is 0 Å². The lowest BCUT2D eigenvalue weighted by Gasteiger charge is -2.25. The van der Waals surface area contributed by atoms with Crippen molar-refractivity contribution in [1.29, 1.82) is 0 Å². The second-order valence-electron chi connectivity index (χ2n) is 4.34. The normalized spacial score (nSPS) is 15.2. The van der Waals surface area contributed by atoms with Crippen molar-refractivity contribution in [2.45, 2.75) is 45.9 Å². The SMILES string of the molecule is CCOC(C)C(NC)c1c(Cl)cnn1C(C)C. The number of hydrogen-bond donors (Lipinski definition) is 1. The Balaban J connectivity index is 3.06. The van der Waals surface area contributed by atoms with Crippen LogP contribution in [0.25, 0.3) is 0 Å². The van der Waals surface area contributed by atoms with E-state index in [4.69, 9.17) is 16.3 Å². The van der Waals surface area contributed by atoms with Crippen molar-refractivity contribution < 1.29 is 4.74 Å². The highest BCUT2D eigenvalue weighted by Crippen LogP contribution is 2.28. The summed E-state index contributed by atoms with van der Waals surface area (Å²) in [6.07, 6.45) is 1.75. The van der Waals surface area contributed by atoms with Crippen molar-refractivity contribution in [3.8, 4) is 0 Å². The minimum atomic E-state index is 0.0485. The summed E-state index contributed by atoms with van der Waals surface area (Å²) in [6.45, 7) is 8.89. The third-order valence-electron chi connectivity index (χ3n) is 2.78. The molecule has 0 aliphatic carbocycles. The van der Waals surface area contributed by atoms with E-state index in [0.29, 0.717) is 11.6 Å². The number of ether oxygens (including phenoxy) is 1. The van der Waals surface area contributed by atoms with E-state index < -0.39 is 0 Å². The van der Waals surface area contributed by atoms with Gasteiger partial charge in [-0.1, -0.05) is 11.6 Å². The standard InChI is InChI=1S/C12H22ClN3O/c1-6-17-9(4)11(14-5)12-10(13)7-15-16(12)8(2)3/h7-9,11,14H,6H2,1-5H3. The number of halogens is 1. The first-order chi connectivity index (χ1) is 8.02. The molecule has 1 N–H and O–H groups in total. The molecule has 0 aromatic carbocycles. The predicted octanol–water partition coefficient (Wildman–Crippen LogP) is 2.80. The number of likely N-dealkylation sites (N-methyl/N-ethyl adjacent to an activating group) is 1. The zero-order valence-electron chi connectivity index (χ0n) is 11.2. The van der Waals surface area contributed by atoms with Gasteiger partial charge in [-0.3, -0.25) is 4.68 Å². The van der Waals surface area contributed by atoms with E-state index in [1.165, 1.54) is 0 Å². The number of nitrogens with one attached hydrogen (secondary N) is 1. The van der Waals surface area contributed by atoms with Gasteiger partial charge in [-0.05, 0) is 34.7 Å². The molecule has 2 atom stereocenters. The number of rotatable bonds is 6. The molecule has 0 radical (unpaired) electrons. The maximum Gasteiger partial charge on any atom is 0.0835 e. The van der Waals surface area contributed by atoms with Gasteiger partial charge in [0, 0.05) is 12.6 Å². The summed E-state index contributed by atoms with van der Waals surface area (Å²) in [7, 11) is 1.91. The Morgan fingerprint density at radius 3 is 2.59 bits per heavy atom. The predicted molar refractivity (Wildman–Crippen MR) is 70.5 cm³/mol. The molecule has 5 heteroatoms. The van der Waals surface area contributed by atoms with E-state index in [0.717, 1.165) is 5.69 Å². The summed E-state index contributed by atoms with van der Waals surface area (Å²) in [4.78, 5) is 0. The number of nitrogens with zero attached hydrogens (tertiary/aromatic N) is 2. The summed E-state index contributed by atoms with van der Waals surface area (Å²) >= 11 is 6.23. The molecule has 1 rings (SSSR count). The second-order valence-corrected chi connectivity index (χ2v) is 4.75. The molecule has 0 saturated carbocycles. The molecule has 0 saturated heterocycles. The molecule has 0 spiro atoms. The van der Waals surface area contributed by atoms with Crippen LogP contribution in [-0.2, 0) is 4.74 Å². The van der Waals surface area contributed by atoms with Crippen molar-refractivity contribution >= 4 is 11.6 Å². The smallest absolute Gasteiger partial charge is 0.0835 e. The molecule has 0 bridgehead atoms. The fourth-order valence-corrected chi connectivity index (χ4v) is 2.25. The Morgan fingerprint density at radius 2 is 2.12 bits per heavy atom. The van der Waals surface area contributed by atoms with Crippen LogP contribution >= 0.6 is 11.6 Å². The van der Waals surface area contributed by atoms with Crippen LogP contribution in [-0.4, -0.2) is 29.5 Å². The molecule has 17 heavy (non-hydrogen) atoms. The highest BCUT2D eigenvalue weighted by molar-refractivity contribution is 6.31. The summed E-state index contributed by atoms with van der Waals surface area (Å²) in [5.74, 6) is 0. The monoisotopic (exact) mass is 259 g/mol. The molecule has 4 nitrogen and oxygen atoms in total. The molecule has 0 aliphatic rings. The van der Waals surface area contributed by atoms with Crippen molar-refractivity contribution in [2.75, 3.05) is 13.7 Å². The van der Waals surface area contributed by atoms with E-state index in [-0.39, 0.29) is 18.2 Å². The zero-order chi connectivity index (χ0) is 13.0. The molecule has 0 amide bonds. The number of hydrogen-bond acceptors (Lipinski definition) is 3. The molecule has 1 aromatic rings. The van der Waals surface area contributed by atoms with Crippen LogP contribution in [0.5, 0.6) is 0 Å². The maximum atomic E-state index is 6.23. The van der Waals surface area contributed by atoms with Gasteiger partial charge in [0.2, 0.25) is 0 Å². The minimum Gasteiger partial charge on any atom is -0.377 e. The van der Waals surface area contributed by atoms with Crippen molar-refractivity contribution in [1.82, 2.24) is 15.1 Å². The van der Waals surface area contributed by atoms with Gasteiger partial charge >= 0.3 is 0 Å². The lowest BCUT2D eigenvalue weighted by molar-refractivity contribution is 0.0467. The summed E-state index contributed by atoms with van der Waals surface area (Å²) < 4.78 is 7.59. The Kier molecular flexibility index (Phi) is 5.43. The highest BCUT2D eigenvalue weighted by Gasteiger charge is 2.25. The first kappa shape index (κ1) is 14.5. The largest absolute Gasteiger partial charge is 0.377 e. The highest BCUT2D eigenvalue weighted by atomic mass is 35.5. The van der Waals surface area contributed by atoms with Crippen LogP contribution in [0.15, 0.2) is 6.20 Å². The average molecular weight is 260 g/mol. The van der Waals surface area contributed by atoms with E-state index in [1.54, 1.807) is 6.20 Å². The lowest BCUT2D eigenvalue weighted by atomic mass is 10.1. The zero-order valence-corrected chi connectivity index (χ0v) is 12.0. The van der Waals surface area contributed by atoms with Crippen LogP contribution < -0.4 is 5.32 Å². The molecular formula is C12H22ClN3O.